The molecule has 3 nitrogen and oxygen atoms in total. The first kappa shape index (κ1) is 18.4. The van der Waals surface area contributed by atoms with Crippen LogP contribution in [0.1, 0.15) is 66.7 Å². The van der Waals surface area contributed by atoms with Crippen molar-refractivity contribution >= 4 is 5.84 Å². The lowest BCUT2D eigenvalue weighted by Crippen LogP contribution is -2.32. The van der Waals surface area contributed by atoms with Gasteiger partial charge in [-0.1, -0.05) is 53.9 Å². The average molecular weight is 269 g/mol. The summed E-state index contributed by atoms with van der Waals surface area (Å²) < 4.78 is 0. The van der Waals surface area contributed by atoms with E-state index in [1.54, 1.807) is 0 Å². The van der Waals surface area contributed by atoms with Crippen molar-refractivity contribution in [2.24, 2.45) is 17.1 Å². The van der Waals surface area contributed by atoms with Gasteiger partial charge in [0.2, 0.25) is 0 Å². The van der Waals surface area contributed by atoms with Gasteiger partial charge < -0.3 is 10.6 Å². The fourth-order valence-corrected chi connectivity index (χ4v) is 2.33. The highest BCUT2D eigenvalue weighted by molar-refractivity contribution is 5.82. The first-order valence-corrected chi connectivity index (χ1v) is 7.94. The molecule has 3 heteroatoms. The molecule has 0 rings (SSSR count). The van der Waals surface area contributed by atoms with Crippen molar-refractivity contribution < 1.29 is 0 Å². The molecule has 0 unspecified atom stereocenters. The third kappa shape index (κ3) is 7.56. The van der Waals surface area contributed by atoms with E-state index < -0.39 is 0 Å². The molecule has 0 aliphatic heterocycles. The quantitative estimate of drug-likeness (QED) is 0.340. The number of hydrogen-bond acceptors (Lipinski definition) is 2. The molecule has 0 aromatic heterocycles. The minimum Gasteiger partial charge on any atom is -0.387 e. The molecule has 3 N–H and O–H groups in total. The molecule has 0 radical (unpaired) electrons. The maximum atomic E-state index is 7.56. The maximum absolute atomic E-state index is 7.56. The molecule has 114 valence electrons. The van der Waals surface area contributed by atoms with Crippen LogP contribution in [0.15, 0.2) is 0 Å². The molecule has 0 heterocycles. The summed E-state index contributed by atoms with van der Waals surface area (Å²) in [7, 11) is 0. The average Bonchev–Trinajstić information content (AvgIpc) is 2.38. The Balaban J connectivity index is 3.93. The largest absolute Gasteiger partial charge is 0.387 e. The molecular weight excluding hydrogens is 234 g/mol. The van der Waals surface area contributed by atoms with Crippen LogP contribution in [0.25, 0.3) is 0 Å². The van der Waals surface area contributed by atoms with Crippen LogP contribution in [-0.2, 0) is 0 Å². The van der Waals surface area contributed by atoms with Crippen LogP contribution in [0, 0.1) is 16.7 Å². The minimum absolute atomic E-state index is 0.133. The summed E-state index contributed by atoms with van der Waals surface area (Å²) in [4.78, 5) is 2.57. The van der Waals surface area contributed by atoms with Gasteiger partial charge in [0.15, 0.2) is 0 Å². The van der Waals surface area contributed by atoms with Crippen molar-refractivity contribution in [2.75, 3.05) is 19.6 Å². The van der Waals surface area contributed by atoms with Gasteiger partial charge in [-0.15, -0.1) is 0 Å². The highest BCUT2D eigenvalue weighted by Gasteiger charge is 2.20. The molecule has 0 fully saturated rings. The van der Waals surface area contributed by atoms with Crippen molar-refractivity contribution in [1.29, 1.82) is 5.41 Å². The van der Waals surface area contributed by atoms with Gasteiger partial charge in [-0.3, -0.25) is 5.41 Å². The summed E-state index contributed by atoms with van der Waals surface area (Å²) in [5.74, 6) is 1.16. The van der Waals surface area contributed by atoms with E-state index in [0.717, 1.165) is 25.3 Å². The Kier molecular flexibility index (Phi) is 9.07. The fourth-order valence-electron chi connectivity index (χ4n) is 2.33. The molecule has 0 aliphatic carbocycles. The Morgan fingerprint density at radius 3 is 2.16 bits per heavy atom. The Morgan fingerprint density at radius 1 is 1.16 bits per heavy atom. The molecule has 0 saturated heterocycles. The second kappa shape index (κ2) is 9.35. The van der Waals surface area contributed by atoms with Gasteiger partial charge in [0.05, 0.1) is 5.84 Å². The molecule has 19 heavy (non-hydrogen) atoms. The van der Waals surface area contributed by atoms with Crippen molar-refractivity contribution in [3.8, 4) is 0 Å². The third-order valence-electron chi connectivity index (χ3n) is 4.37. The second-order valence-electron chi connectivity index (χ2n) is 6.33. The van der Waals surface area contributed by atoms with E-state index in [0.29, 0.717) is 5.84 Å². The van der Waals surface area contributed by atoms with Gasteiger partial charge in [0.25, 0.3) is 0 Å². The van der Waals surface area contributed by atoms with Crippen LogP contribution in [0.3, 0.4) is 0 Å². The third-order valence-corrected chi connectivity index (χ3v) is 4.37. The molecule has 0 aliphatic rings. The van der Waals surface area contributed by atoms with Gasteiger partial charge in [-0.2, -0.15) is 0 Å². The van der Waals surface area contributed by atoms with E-state index in [9.17, 15) is 0 Å². The van der Waals surface area contributed by atoms with E-state index in [2.05, 4.69) is 39.5 Å². The molecule has 0 spiro atoms. The van der Waals surface area contributed by atoms with Crippen LogP contribution in [0.4, 0.5) is 0 Å². The molecule has 0 bridgehead atoms. The molecule has 0 atom stereocenters. The van der Waals surface area contributed by atoms with Crippen molar-refractivity contribution in [3.63, 3.8) is 0 Å². The molecule has 0 saturated carbocycles. The van der Waals surface area contributed by atoms with Gasteiger partial charge in [0, 0.05) is 12.0 Å². The van der Waals surface area contributed by atoms with Crippen LogP contribution < -0.4 is 5.73 Å². The Morgan fingerprint density at radius 2 is 1.74 bits per heavy atom. The Hall–Kier alpha value is -0.570. The van der Waals surface area contributed by atoms with E-state index in [1.807, 2.05) is 0 Å². The number of amidine groups is 1. The highest BCUT2D eigenvalue weighted by Crippen LogP contribution is 2.22. The van der Waals surface area contributed by atoms with Crippen LogP contribution >= 0.6 is 0 Å². The summed E-state index contributed by atoms with van der Waals surface area (Å²) >= 11 is 0. The minimum atomic E-state index is -0.133. The summed E-state index contributed by atoms with van der Waals surface area (Å²) in [6.45, 7) is 14.5. The van der Waals surface area contributed by atoms with Crippen molar-refractivity contribution in [2.45, 2.75) is 66.7 Å². The number of hydrogen-bond donors (Lipinski definition) is 2. The number of nitrogens with one attached hydrogen (secondary N) is 1. The standard InChI is InChI=1S/C16H35N3/c1-6-14(7-2)13-19(8-3)12-10-9-11-16(4,5)15(17)18/h14H,6-13H2,1-5H3,(H3,17,18). The topological polar surface area (TPSA) is 53.1 Å². The second-order valence-corrected chi connectivity index (χ2v) is 6.33. The SMILES string of the molecule is CCC(CC)CN(CC)CCCCC(C)(C)C(=N)N. The number of unbranched alkanes of at least 4 members (excludes halogenated alkanes) is 1. The molecular formula is C16H35N3. The first-order valence-electron chi connectivity index (χ1n) is 7.94. The molecule has 0 aromatic rings. The van der Waals surface area contributed by atoms with E-state index in [-0.39, 0.29) is 5.41 Å². The fraction of sp³-hybridized carbons (Fsp3) is 0.938. The van der Waals surface area contributed by atoms with Crippen molar-refractivity contribution in [1.82, 2.24) is 4.90 Å². The maximum Gasteiger partial charge on any atom is 0.0963 e. The van der Waals surface area contributed by atoms with Crippen molar-refractivity contribution in [3.05, 3.63) is 0 Å². The number of rotatable bonds is 11. The zero-order valence-electron chi connectivity index (χ0n) is 13.8. The summed E-state index contributed by atoms with van der Waals surface area (Å²) in [5.41, 5.74) is 5.48. The van der Waals surface area contributed by atoms with E-state index in [4.69, 9.17) is 11.1 Å². The Labute approximate surface area is 120 Å². The number of nitrogens with two attached hydrogens (primary N) is 1. The van der Waals surface area contributed by atoms with Gasteiger partial charge >= 0.3 is 0 Å². The van der Waals surface area contributed by atoms with Crippen LogP contribution in [0.2, 0.25) is 0 Å². The highest BCUT2D eigenvalue weighted by atomic mass is 15.1. The zero-order chi connectivity index (χ0) is 14.9. The van der Waals surface area contributed by atoms with Gasteiger partial charge in [-0.05, 0) is 31.8 Å². The Bertz CT molecular complexity index is 244. The first-order chi connectivity index (χ1) is 8.87. The predicted octanol–water partition coefficient (Wildman–Crippen LogP) is 3.88. The van der Waals surface area contributed by atoms with E-state index in [1.165, 1.54) is 32.4 Å². The summed E-state index contributed by atoms with van der Waals surface area (Å²) in [6, 6.07) is 0. The zero-order valence-corrected chi connectivity index (χ0v) is 13.8. The summed E-state index contributed by atoms with van der Waals surface area (Å²) in [5, 5.41) is 7.56. The van der Waals surface area contributed by atoms with E-state index >= 15 is 0 Å². The monoisotopic (exact) mass is 269 g/mol. The van der Waals surface area contributed by atoms with Gasteiger partial charge in [0.1, 0.15) is 0 Å². The smallest absolute Gasteiger partial charge is 0.0963 e. The van der Waals surface area contributed by atoms with Crippen LogP contribution in [-0.4, -0.2) is 30.4 Å². The number of nitrogens with zero attached hydrogens (tertiary/aromatic N) is 1. The van der Waals surface area contributed by atoms with Gasteiger partial charge in [-0.25, -0.2) is 0 Å². The molecule has 0 aromatic carbocycles. The summed E-state index contributed by atoms with van der Waals surface area (Å²) in [6.07, 6.45) is 5.95. The predicted molar refractivity (Wildman–Crippen MR) is 85.7 cm³/mol. The lowest BCUT2D eigenvalue weighted by molar-refractivity contribution is 0.227. The molecule has 0 amide bonds. The van der Waals surface area contributed by atoms with Crippen LogP contribution in [0.5, 0.6) is 0 Å². The lowest BCUT2D eigenvalue weighted by Gasteiger charge is -2.26. The lowest BCUT2D eigenvalue weighted by atomic mass is 9.86. The normalized spacial score (nSPS) is 12.4.